The summed E-state index contributed by atoms with van der Waals surface area (Å²) < 4.78 is 31.7. The predicted molar refractivity (Wildman–Crippen MR) is 86.2 cm³/mol. The van der Waals surface area contributed by atoms with Crippen LogP contribution in [0.4, 0.5) is 8.78 Å². The lowest BCUT2D eigenvalue weighted by Crippen LogP contribution is -1.92. The summed E-state index contributed by atoms with van der Waals surface area (Å²) >= 11 is 0. The van der Waals surface area contributed by atoms with E-state index in [1.54, 1.807) is 42.5 Å². The van der Waals surface area contributed by atoms with Gasteiger partial charge in [-0.05, 0) is 29.3 Å². The van der Waals surface area contributed by atoms with E-state index in [9.17, 15) is 13.6 Å². The average molecular weight is 314 g/mol. The molecule has 0 N–H and O–H groups in total. The number of methoxy groups -OCH3 is 1. The van der Waals surface area contributed by atoms with Crippen molar-refractivity contribution in [3.05, 3.63) is 83.0 Å². The molecule has 0 saturated carbocycles. The molecule has 0 radical (unpaired) electrons. The Morgan fingerprint density at radius 3 is 2.52 bits per heavy atom. The van der Waals surface area contributed by atoms with Gasteiger partial charge in [-0.2, -0.15) is 0 Å². The van der Waals surface area contributed by atoms with Gasteiger partial charge < -0.3 is 4.74 Å². The van der Waals surface area contributed by atoms with Crippen LogP contribution in [0.25, 0.3) is 6.08 Å². The summed E-state index contributed by atoms with van der Waals surface area (Å²) in [7, 11) is 1.40. The van der Waals surface area contributed by atoms with Crippen LogP contribution in [0.2, 0.25) is 0 Å². The van der Waals surface area contributed by atoms with Gasteiger partial charge in [0.15, 0.2) is 11.6 Å². The summed E-state index contributed by atoms with van der Waals surface area (Å²) in [5.74, 6) is -0.609. The lowest BCUT2D eigenvalue weighted by molar-refractivity contribution is -0.105. The zero-order chi connectivity index (χ0) is 16.7. The molecule has 0 saturated heterocycles. The molecule has 0 amide bonds. The van der Waals surface area contributed by atoms with Crippen molar-refractivity contribution in [2.45, 2.75) is 6.42 Å². The summed E-state index contributed by atoms with van der Waals surface area (Å²) in [5, 5.41) is 0. The van der Waals surface area contributed by atoms with Gasteiger partial charge >= 0.3 is 0 Å². The number of carbonyl (C=O) groups excluding carboxylic acids is 1. The Labute approximate surface area is 133 Å². The molecule has 118 valence electrons. The lowest BCUT2D eigenvalue weighted by atomic mass is 10.1. The van der Waals surface area contributed by atoms with Gasteiger partial charge in [0.1, 0.15) is 12.1 Å². The second-order valence-electron chi connectivity index (χ2n) is 4.89. The first kappa shape index (κ1) is 16.6. The maximum atomic E-state index is 14.0. The minimum Gasteiger partial charge on any atom is -0.494 e. The number of ether oxygens (including phenoxy) is 1. The zero-order valence-corrected chi connectivity index (χ0v) is 12.6. The van der Waals surface area contributed by atoms with E-state index in [0.717, 1.165) is 11.8 Å². The van der Waals surface area contributed by atoms with E-state index in [4.69, 9.17) is 4.74 Å². The Morgan fingerprint density at radius 1 is 1.13 bits per heavy atom. The normalized spacial score (nSPS) is 11.7. The molecule has 0 aromatic heterocycles. The third-order valence-electron chi connectivity index (χ3n) is 3.27. The van der Waals surface area contributed by atoms with Crippen LogP contribution < -0.4 is 4.74 Å². The maximum absolute atomic E-state index is 14.0. The molecule has 0 aliphatic rings. The largest absolute Gasteiger partial charge is 0.494 e. The topological polar surface area (TPSA) is 26.3 Å². The van der Waals surface area contributed by atoms with E-state index < -0.39 is 5.82 Å². The van der Waals surface area contributed by atoms with Gasteiger partial charge in [-0.25, -0.2) is 8.78 Å². The van der Waals surface area contributed by atoms with Gasteiger partial charge in [-0.3, -0.25) is 4.79 Å². The fraction of sp³-hybridized carbons (Fsp3) is 0.105. The molecule has 2 aromatic carbocycles. The van der Waals surface area contributed by atoms with Gasteiger partial charge in [-0.1, -0.05) is 42.5 Å². The van der Waals surface area contributed by atoms with Crippen molar-refractivity contribution < 1.29 is 18.3 Å². The molecule has 0 fully saturated rings. The van der Waals surface area contributed by atoms with E-state index in [2.05, 4.69) is 0 Å². The highest BCUT2D eigenvalue weighted by Gasteiger charge is 2.05. The van der Waals surface area contributed by atoms with Gasteiger partial charge in [0.2, 0.25) is 0 Å². The Bertz CT molecular complexity index is 732. The standard InChI is InChI=1S/C19H16F2O2/c1-23-18-7-3-6-16(19(18)21)5-2-4-15(13-22)12-14-8-10-17(20)11-9-14/h2-11,13H,12H2,1H3/b5-2+,15-4+. The summed E-state index contributed by atoms with van der Waals surface area (Å²) in [6, 6.07) is 10.8. The van der Waals surface area contributed by atoms with E-state index >= 15 is 0 Å². The second kappa shape index (κ2) is 8.03. The van der Waals surface area contributed by atoms with Crippen LogP contribution in [0.1, 0.15) is 11.1 Å². The van der Waals surface area contributed by atoms with Crippen LogP contribution in [-0.2, 0) is 11.2 Å². The molecule has 0 spiro atoms. The van der Waals surface area contributed by atoms with Crippen molar-refractivity contribution in [2.75, 3.05) is 7.11 Å². The molecule has 0 bridgehead atoms. The molecule has 2 rings (SSSR count). The maximum Gasteiger partial charge on any atom is 0.172 e. The fourth-order valence-corrected chi connectivity index (χ4v) is 2.07. The van der Waals surface area contributed by atoms with Crippen molar-refractivity contribution >= 4 is 12.4 Å². The lowest BCUT2D eigenvalue weighted by Gasteiger charge is -2.03. The molecule has 2 nitrogen and oxygen atoms in total. The van der Waals surface area contributed by atoms with Crippen molar-refractivity contribution in [3.63, 3.8) is 0 Å². The van der Waals surface area contributed by atoms with Crippen LogP contribution in [0, 0.1) is 11.6 Å². The smallest absolute Gasteiger partial charge is 0.172 e. The Morgan fingerprint density at radius 2 is 1.87 bits per heavy atom. The minimum absolute atomic E-state index is 0.165. The second-order valence-corrected chi connectivity index (χ2v) is 4.89. The van der Waals surface area contributed by atoms with Gasteiger partial charge in [0, 0.05) is 12.0 Å². The van der Waals surface area contributed by atoms with Gasteiger partial charge in [-0.15, -0.1) is 0 Å². The molecule has 0 heterocycles. The van der Waals surface area contributed by atoms with Crippen molar-refractivity contribution in [1.29, 1.82) is 0 Å². The summed E-state index contributed by atoms with van der Waals surface area (Å²) in [6.07, 6.45) is 5.89. The Balaban J connectivity index is 2.13. The minimum atomic E-state index is -0.453. The Kier molecular flexibility index (Phi) is 5.80. The van der Waals surface area contributed by atoms with E-state index in [1.165, 1.54) is 25.3 Å². The quantitative estimate of drug-likeness (QED) is 0.450. The predicted octanol–water partition coefficient (Wildman–Crippen LogP) is 4.35. The van der Waals surface area contributed by atoms with Crippen LogP contribution in [0.5, 0.6) is 5.75 Å². The molecule has 4 heteroatoms. The summed E-state index contributed by atoms with van der Waals surface area (Å²) in [4.78, 5) is 11.1. The van der Waals surface area contributed by atoms with Gasteiger partial charge in [0.25, 0.3) is 0 Å². The third-order valence-corrected chi connectivity index (χ3v) is 3.27. The van der Waals surface area contributed by atoms with Crippen LogP contribution >= 0.6 is 0 Å². The van der Waals surface area contributed by atoms with Crippen LogP contribution in [-0.4, -0.2) is 13.4 Å². The monoisotopic (exact) mass is 314 g/mol. The summed E-state index contributed by atoms with van der Waals surface area (Å²) in [5.41, 5.74) is 1.70. The van der Waals surface area contributed by atoms with Crippen molar-refractivity contribution in [1.82, 2.24) is 0 Å². The molecule has 0 atom stereocenters. The van der Waals surface area contributed by atoms with Crippen molar-refractivity contribution in [3.8, 4) is 5.75 Å². The SMILES string of the molecule is COc1cccc(/C=C/C=C(/C=O)Cc2ccc(F)cc2)c1F. The number of benzene rings is 2. The number of allylic oxidation sites excluding steroid dienone is 3. The van der Waals surface area contributed by atoms with Gasteiger partial charge in [0.05, 0.1) is 7.11 Å². The Hall–Kier alpha value is -2.75. The van der Waals surface area contributed by atoms with E-state index in [0.29, 0.717) is 17.6 Å². The first-order chi connectivity index (χ1) is 11.1. The molecule has 0 aliphatic carbocycles. The van der Waals surface area contributed by atoms with Crippen molar-refractivity contribution in [2.24, 2.45) is 0 Å². The number of hydrogen-bond donors (Lipinski definition) is 0. The fourth-order valence-electron chi connectivity index (χ4n) is 2.07. The first-order valence-electron chi connectivity index (χ1n) is 7.03. The molecular formula is C19H16F2O2. The molecule has 2 aromatic rings. The number of carbonyl (C=O) groups is 1. The average Bonchev–Trinajstić information content (AvgIpc) is 2.57. The zero-order valence-electron chi connectivity index (χ0n) is 12.6. The third kappa shape index (κ3) is 4.61. The number of halogens is 2. The van der Waals surface area contributed by atoms with E-state index in [-0.39, 0.29) is 11.6 Å². The summed E-state index contributed by atoms with van der Waals surface area (Å²) in [6.45, 7) is 0. The first-order valence-corrected chi connectivity index (χ1v) is 7.03. The highest BCUT2D eigenvalue weighted by atomic mass is 19.1. The molecular weight excluding hydrogens is 298 g/mol. The molecule has 0 unspecified atom stereocenters. The molecule has 23 heavy (non-hydrogen) atoms. The number of rotatable bonds is 6. The van der Waals surface area contributed by atoms with E-state index in [1.807, 2.05) is 0 Å². The highest BCUT2D eigenvalue weighted by molar-refractivity contribution is 5.75. The highest BCUT2D eigenvalue weighted by Crippen LogP contribution is 2.21. The molecule has 0 aliphatic heterocycles. The van der Waals surface area contributed by atoms with Crippen LogP contribution in [0.15, 0.2) is 60.2 Å². The number of hydrogen-bond acceptors (Lipinski definition) is 2. The van der Waals surface area contributed by atoms with Crippen LogP contribution in [0.3, 0.4) is 0 Å². The number of aldehydes is 1.